The molecule has 2 amide bonds. The van der Waals surface area contributed by atoms with Crippen molar-refractivity contribution in [1.29, 1.82) is 0 Å². The predicted octanol–water partition coefficient (Wildman–Crippen LogP) is -0.347. The van der Waals surface area contributed by atoms with Crippen molar-refractivity contribution in [2.45, 2.75) is 18.9 Å². The van der Waals surface area contributed by atoms with Gasteiger partial charge < -0.3 is 10.2 Å². The van der Waals surface area contributed by atoms with Crippen LogP contribution in [0.3, 0.4) is 0 Å². The summed E-state index contributed by atoms with van der Waals surface area (Å²) < 4.78 is 0. The van der Waals surface area contributed by atoms with Crippen LogP contribution in [0.4, 0.5) is 0 Å². The molecule has 1 rings (SSSR count). The van der Waals surface area contributed by atoms with Crippen LogP contribution in [-0.2, 0) is 9.59 Å². The van der Waals surface area contributed by atoms with Crippen molar-refractivity contribution in [3.05, 3.63) is 0 Å². The second-order valence-electron chi connectivity index (χ2n) is 3.14. The number of amides is 2. The topological polar surface area (TPSA) is 49.4 Å². The summed E-state index contributed by atoms with van der Waals surface area (Å²) in [4.78, 5) is 24.1. The van der Waals surface area contributed by atoms with Crippen LogP contribution in [-0.4, -0.2) is 42.1 Å². The van der Waals surface area contributed by atoms with Crippen molar-refractivity contribution in [3.8, 4) is 0 Å². The number of nitrogens with one attached hydrogen (secondary N) is 1. The Morgan fingerprint density at radius 3 is 2.92 bits per heavy atom. The highest BCUT2D eigenvalue weighted by molar-refractivity contribution is 7.80. The van der Waals surface area contributed by atoms with E-state index in [9.17, 15) is 9.59 Å². The number of carbonyl (C=O) groups excluding carboxylic acids is 2. The molecule has 1 heterocycles. The SMILES string of the molecule is CN1CCC(NC(=O)CCS)C1=O. The number of likely N-dealkylation sites (N-methyl/N-ethyl adjacent to an activating group) is 1. The van der Waals surface area contributed by atoms with Gasteiger partial charge in [0.15, 0.2) is 0 Å². The van der Waals surface area contributed by atoms with Gasteiger partial charge in [0, 0.05) is 20.0 Å². The number of likely N-dealkylation sites (tertiary alicyclic amines) is 1. The van der Waals surface area contributed by atoms with E-state index in [0.29, 0.717) is 18.6 Å². The first-order chi connectivity index (χ1) is 6.15. The van der Waals surface area contributed by atoms with Crippen LogP contribution in [0.15, 0.2) is 0 Å². The zero-order valence-corrected chi connectivity index (χ0v) is 8.51. The third-order valence-electron chi connectivity index (χ3n) is 2.10. The molecule has 1 aliphatic heterocycles. The molecule has 0 aromatic heterocycles. The van der Waals surface area contributed by atoms with Gasteiger partial charge >= 0.3 is 0 Å². The molecule has 1 aliphatic rings. The van der Waals surface area contributed by atoms with E-state index in [1.165, 1.54) is 0 Å². The number of hydrogen-bond donors (Lipinski definition) is 2. The van der Waals surface area contributed by atoms with Crippen LogP contribution in [0.1, 0.15) is 12.8 Å². The summed E-state index contributed by atoms with van der Waals surface area (Å²) in [5.41, 5.74) is 0. The number of thiol groups is 1. The maximum Gasteiger partial charge on any atom is 0.244 e. The molecule has 1 unspecified atom stereocenters. The standard InChI is InChI=1S/C8H14N2O2S/c1-10-4-2-6(8(10)12)9-7(11)3-5-13/h6,13H,2-5H2,1H3,(H,9,11). The van der Waals surface area contributed by atoms with Gasteiger partial charge in [-0.3, -0.25) is 9.59 Å². The first-order valence-electron chi connectivity index (χ1n) is 4.30. The predicted molar refractivity (Wildman–Crippen MR) is 52.7 cm³/mol. The van der Waals surface area contributed by atoms with E-state index in [-0.39, 0.29) is 17.9 Å². The summed E-state index contributed by atoms with van der Waals surface area (Å²) in [5.74, 6) is 0.430. The normalized spacial score (nSPS) is 22.2. The summed E-state index contributed by atoms with van der Waals surface area (Å²) in [6.07, 6.45) is 1.09. The van der Waals surface area contributed by atoms with Crippen molar-refractivity contribution < 1.29 is 9.59 Å². The molecule has 0 saturated carbocycles. The molecule has 0 radical (unpaired) electrons. The van der Waals surface area contributed by atoms with Gasteiger partial charge in [-0.05, 0) is 12.2 Å². The summed E-state index contributed by atoms with van der Waals surface area (Å²) in [6.45, 7) is 0.727. The van der Waals surface area contributed by atoms with E-state index in [0.717, 1.165) is 6.54 Å². The van der Waals surface area contributed by atoms with Gasteiger partial charge in [0.05, 0.1) is 0 Å². The summed E-state index contributed by atoms with van der Waals surface area (Å²) >= 11 is 3.94. The molecule has 1 N–H and O–H groups in total. The highest BCUT2D eigenvalue weighted by Gasteiger charge is 2.29. The van der Waals surface area contributed by atoms with Crippen molar-refractivity contribution in [3.63, 3.8) is 0 Å². The maximum atomic E-state index is 11.3. The Morgan fingerprint density at radius 2 is 2.46 bits per heavy atom. The largest absolute Gasteiger partial charge is 0.344 e. The van der Waals surface area contributed by atoms with E-state index >= 15 is 0 Å². The van der Waals surface area contributed by atoms with Crippen LogP contribution in [0, 0.1) is 0 Å². The molecule has 0 aromatic rings. The molecule has 74 valence electrons. The number of nitrogens with zero attached hydrogens (tertiary/aromatic N) is 1. The molecule has 0 spiro atoms. The Hall–Kier alpha value is -0.710. The highest BCUT2D eigenvalue weighted by Crippen LogP contribution is 2.08. The second kappa shape index (κ2) is 4.50. The third-order valence-corrected chi connectivity index (χ3v) is 2.33. The summed E-state index contributed by atoms with van der Waals surface area (Å²) in [5, 5.41) is 2.68. The fourth-order valence-corrected chi connectivity index (χ4v) is 1.53. The van der Waals surface area contributed by atoms with Crippen molar-refractivity contribution in [2.75, 3.05) is 19.3 Å². The quantitative estimate of drug-likeness (QED) is 0.615. The number of hydrogen-bond acceptors (Lipinski definition) is 3. The first-order valence-corrected chi connectivity index (χ1v) is 4.93. The highest BCUT2D eigenvalue weighted by atomic mass is 32.1. The Morgan fingerprint density at radius 1 is 1.77 bits per heavy atom. The smallest absolute Gasteiger partial charge is 0.244 e. The fraction of sp³-hybridized carbons (Fsp3) is 0.750. The molecule has 5 heteroatoms. The van der Waals surface area contributed by atoms with Gasteiger partial charge in [0.2, 0.25) is 11.8 Å². The zero-order chi connectivity index (χ0) is 9.84. The monoisotopic (exact) mass is 202 g/mol. The maximum absolute atomic E-state index is 11.3. The summed E-state index contributed by atoms with van der Waals surface area (Å²) in [7, 11) is 1.74. The van der Waals surface area contributed by atoms with E-state index in [4.69, 9.17) is 0 Å². The lowest BCUT2D eigenvalue weighted by atomic mass is 10.2. The average molecular weight is 202 g/mol. The lowest BCUT2D eigenvalue weighted by molar-refractivity contribution is -0.131. The third kappa shape index (κ3) is 2.62. The minimum absolute atomic E-state index is 0.00696. The molecular formula is C8H14N2O2S. The fourth-order valence-electron chi connectivity index (χ4n) is 1.32. The van der Waals surface area contributed by atoms with Crippen molar-refractivity contribution >= 4 is 24.4 Å². The van der Waals surface area contributed by atoms with Gasteiger partial charge in [-0.1, -0.05) is 0 Å². The lowest BCUT2D eigenvalue weighted by Crippen LogP contribution is -2.40. The minimum Gasteiger partial charge on any atom is -0.344 e. The van der Waals surface area contributed by atoms with E-state index in [1.807, 2.05) is 0 Å². The molecule has 0 aromatic carbocycles. The average Bonchev–Trinajstić information content (AvgIpc) is 2.37. The second-order valence-corrected chi connectivity index (χ2v) is 3.59. The van der Waals surface area contributed by atoms with Crippen molar-refractivity contribution in [2.24, 2.45) is 0 Å². The van der Waals surface area contributed by atoms with Crippen molar-refractivity contribution in [1.82, 2.24) is 10.2 Å². The lowest BCUT2D eigenvalue weighted by Gasteiger charge is -2.11. The van der Waals surface area contributed by atoms with Crippen LogP contribution in [0.25, 0.3) is 0 Å². The molecule has 4 nitrogen and oxygen atoms in total. The molecule has 13 heavy (non-hydrogen) atoms. The molecule has 1 saturated heterocycles. The van der Waals surface area contributed by atoms with Gasteiger partial charge in [-0.15, -0.1) is 0 Å². The molecular weight excluding hydrogens is 188 g/mol. The van der Waals surface area contributed by atoms with E-state index < -0.39 is 0 Å². The van der Waals surface area contributed by atoms with Gasteiger partial charge in [-0.25, -0.2) is 0 Å². The Labute approximate surface area is 83.1 Å². The molecule has 1 fully saturated rings. The number of carbonyl (C=O) groups is 2. The van der Waals surface area contributed by atoms with Crippen LogP contribution < -0.4 is 5.32 Å². The molecule has 1 atom stereocenters. The molecule has 0 bridgehead atoms. The Bertz CT molecular complexity index is 220. The minimum atomic E-state index is -0.308. The summed E-state index contributed by atoms with van der Waals surface area (Å²) in [6, 6.07) is -0.308. The number of rotatable bonds is 3. The van der Waals surface area contributed by atoms with Gasteiger partial charge in [0.1, 0.15) is 6.04 Å². The van der Waals surface area contributed by atoms with E-state index in [1.54, 1.807) is 11.9 Å². The Balaban J connectivity index is 2.38. The van der Waals surface area contributed by atoms with Crippen LogP contribution >= 0.6 is 12.6 Å². The van der Waals surface area contributed by atoms with Gasteiger partial charge in [0.25, 0.3) is 0 Å². The zero-order valence-electron chi connectivity index (χ0n) is 7.62. The van der Waals surface area contributed by atoms with E-state index in [2.05, 4.69) is 17.9 Å². The van der Waals surface area contributed by atoms with Crippen LogP contribution in [0.5, 0.6) is 0 Å². The molecule has 0 aliphatic carbocycles. The first kappa shape index (κ1) is 10.4. The van der Waals surface area contributed by atoms with Gasteiger partial charge in [-0.2, -0.15) is 12.6 Å². The Kier molecular flexibility index (Phi) is 3.59. The van der Waals surface area contributed by atoms with Crippen LogP contribution in [0.2, 0.25) is 0 Å².